The van der Waals surface area contributed by atoms with Gasteiger partial charge in [-0.25, -0.2) is 14.0 Å². The molecule has 0 unspecified atom stereocenters. The second-order valence-corrected chi connectivity index (χ2v) is 6.45. The summed E-state index contributed by atoms with van der Waals surface area (Å²) >= 11 is 0. The van der Waals surface area contributed by atoms with Crippen molar-refractivity contribution in [3.05, 3.63) is 35.6 Å². The van der Waals surface area contributed by atoms with Crippen LogP contribution in [0.4, 0.5) is 9.18 Å². The van der Waals surface area contributed by atoms with Crippen LogP contribution in [0.3, 0.4) is 0 Å². The quantitative estimate of drug-likeness (QED) is 0.786. The maximum atomic E-state index is 13.2. The largest absolute Gasteiger partial charge is 0.464 e. The minimum atomic E-state index is -0.966. The summed E-state index contributed by atoms with van der Waals surface area (Å²) in [4.78, 5) is 26.3. The van der Waals surface area contributed by atoms with Crippen molar-refractivity contribution in [2.24, 2.45) is 0 Å². The van der Waals surface area contributed by atoms with E-state index in [4.69, 9.17) is 10.8 Å². The first-order chi connectivity index (χ1) is 11.8. The normalized spacial score (nSPS) is 21.3. The summed E-state index contributed by atoms with van der Waals surface area (Å²) in [5.74, 6) is -0.846. The number of esters is 1. The zero-order valence-electron chi connectivity index (χ0n) is 15.3. The van der Waals surface area contributed by atoms with Gasteiger partial charge in [-0.05, 0) is 58.2 Å². The number of ether oxygens (including phenoxy) is 2. The van der Waals surface area contributed by atoms with Gasteiger partial charge in [-0.1, -0.05) is 12.1 Å². The minimum absolute atomic E-state index is 0.0993. The Morgan fingerprint density at radius 1 is 1.33 bits per heavy atom. The minimum Gasteiger partial charge on any atom is -0.464 e. The van der Waals surface area contributed by atoms with Crippen LogP contribution in [0.15, 0.2) is 24.3 Å². The Labute approximate surface area is 143 Å². The van der Waals surface area contributed by atoms with Crippen molar-refractivity contribution in [2.45, 2.75) is 58.2 Å². The molecule has 0 saturated carbocycles. The second kappa shape index (κ2) is 7.20. The van der Waals surface area contributed by atoms with Gasteiger partial charge in [0.1, 0.15) is 17.5 Å². The first-order valence-electron chi connectivity index (χ1n) is 8.72. The smallest absolute Gasteiger partial charge is 0.411 e. The lowest BCUT2D eigenvalue weighted by Gasteiger charge is -2.31. The fourth-order valence-electron chi connectivity index (χ4n) is 2.84. The molecular weight excluding hydrogens is 313 g/mol. The third kappa shape index (κ3) is 4.24. The van der Waals surface area contributed by atoms with Crippen LogP contribution in [0.2, 0.25) is 0 Å². The molecule has 0 bridgehead atoms. The van der Waals surface area contributed by atoms with Gasteiger partial charge in [-0.2, -0.15) is 0 Å². The molecule has 0 radical (unpaired) electrons. The number of carbonyl (C=O) groups is 2. The Balaban J connectivity index is 2.30. The van der Waals surface area contributed by atoms with Crippen LogP contribution in [0, 0.1) is 5.82 Å². The molecule has 2 atom stereocenters. The van der Waals surface area contributed by atoms with Crippen molar-refractivity contribution < 1.29 is 24.8 Å². The molecule has 1 heterocycles. The first-order valence-corrected chi connectivity index (χ1v) is 8.01. The van der Waals surface area contributed by atoms with Crippen LogP contribution in [0.25, 0.3) is 0 Å². The Kier molecular flexibility index (Phi) is 5.02. The van der Waals surface area contributed by atoms with Crippen molar-refractivity contribution in [3.63, 3.8) is 0 Å². The summed E-state index contributed by atoms with van der Waals surface area (Å²) in [6.45, 7) is 5.10. The number of halogens is 1. The third-order valence-electron chi connectivity index (χ3n) is 3.77. The zero-order valence-corrected chi connectivity index (χ0v) is 14.3. The highest BCUT2D eigenvalue weighted by molar-refractivity contribution is 5.82. The van der Waals surface area contributed by atoms with Crippen molar-refractivity contribution in [3.8, 4) is 0 Å². The van der Waals surface area contributed by atoms with Crippen LogP contribution in [0.1, 0.15) is 53.5 Å². The van der Waals surface area contributed by atoms with Gasteiger partial charge in [0.2, 0.25) is 0 Å². The average molecular weight is 338 g/mol. The standard InChI is InChI=1S/C18H24FNO4/c1-5-23-16(21)15-11-10-14(12-6-8-13(19)9-7-12)20(15)17(22)24-18(2,3)4/h6-9,14-15H,5,10-11H2,1-4H3/t14-,15-/m0/s1/i2D. The molecule has 0 aliphatic carbocycles. The lowest BCUT2D eigenvalue weighted by Crippen LogP contribution is -2.45. The Bertz CT molecular complexity index is 620. The Morgan fingerprint density at radius 2 is 2.00 bits per heavy atom. The fraction of sp³-hybridized carbons (Fsp3) is 0.556. The molecule has 132 valence electrons. The maximum absolute atomic E-state index is 13.2. The van der Waals surface area contributed by atoms with Gasteiger partial charge in [-0.15, -0.1) is 0 Å². The molecule has 5 nitrogen and oxygen atoms in total. The van der Waals surface area contributed by atoms with E-state index in [1.54, 1.807) is 32.9 Å². The highest BCUT2D eigenvalue weighted by atomic mass is 19.1. The summed E-state index contributed by atoms with van der Waals surface area (Å²) in [5, 5.41) is 0. The van der Waals surface area contributed by atoms with Crippen molar-refractivity contribution in [2.75, 3.05) is 6.61 Å². The molecular formula is C18H24FNO4. The molecule has 0 aromatic heterocycles. The highest BCUT2D eigenvalue weighted by Gasteiger charge is 2.44. The van der Waals surface area contributed by atoms with Gasteiger partial charge in [0.25, 0.3) is 0 Å². The first kappa shape index (κ1) is 16.7. The van der Waals surface area contributed by atoms with Gasteiger partial charge in [0, 0.05) is 1.37 Å². The molecule has 1 aromatic carbocycles. The number of amides is 1. The summed E-state index contributed by atoms with van der Waals surface area (Å²) in [6, 6.07) is 4.70. The molecule has 1 saturated heterocycles. The SMILES string of the molecule is [2H]CC(C)(C)OC(=O)N1[C@H](C(=O)OCC)CC[C@H]1c1ccc(F)cc1. The molecule has 1 fully saturated rings. The molecule has 1 aliphatic rings. The van der Waals surface area contributed by atoms with Gasteiger partial charge >= 0.3 is 12.1 Å². The topological polar surface area (TPSA) is 55.8 Å². The predicted octanol–water partition coefficient (Wildman–Crippen LogP) is 3.83. The van der Waals surface area contributed by atoms with Crippen LogP contribution in [-0.2, 0) is 14.3 Å². The van der Waals surface area contributed by atoms with E-state index in [1.165, 1.54) is 17.0 Å². The van der Waals surface area contributed by atoms with Crippen LogP contribution < -0.4 is 0 Å². The summed E-state index contributed by atoms with van der Waals surface area (Å²) in [7, 11) is 0. The Morgan fingerprint density at radius 3 is 2.58 bits per heavy atom. The van der Waals surface area contributed by atoms with E-state index >= 15 is 0 Å². The number of benzene rings is 1. The van der Waals surface area contributed by atoms with Crippen molar-refractivity contribution in [1.29, 1.82) is 0 Å². The average Bonchev–Trinajstić information content (AvgIpc) is 3.00. The number of likely N-dealkylation sites (tertiary alicyclic amines) is 1. The molecule has 1 aliphatic heterocycles. The number of carbonyl (C=O) groups excluding carboxylic acids is 2. The molecule has 6 heteroatoms. The van der Waals surface area contributed by atoms with E-state index in [-0.39, 0.29) is 19.3 Å². The lowest BCUT2D eigenvalue weighted by atomic mass is 10.0. The summed E-state index contributed by atoms with van der Waals surface area (Å²) in [6.07, 6.45) is 0.324. The summed E-state index contributed by atoms with van der Waals surface area (Å²) in [5.41, 5.74) is -0.236. The molecule has 2 rings (SSSR count). The van der Waals surface area contributed by atoms with Gasteiger partial charge in [-0.3, -0.25) is 4.90 Å². The molecule has 1 amide bonds. The van der Waals surface area contributed by atoms with Gasteiger partial charge in [0.15, 0.2) is 0 Å². The third-order valence-corrected chi connectivity index (χ3v) is 3.77. The Hall–Kier alpha value is -2.11. The van der Waals surface area contributed by atoms with Crippen LogP contribution in [-0.4, -0.2) is 35.2 Å². The number of hydrogen-bond donors (Lipinski definition) is 0. The van der Waals surface area contributed by atoms with E-state index in [1.807, 2.05) is 0 Å². The van der Waals surface area contributed by atoms with Crippen molar-refractivity contribution in [1.82, 2.24) is 4.90 Å². The van der Waals surface area contributed by atoms with E-state index in [2.05, 4.69) is 0 Å². The predicted molar refractivity (Wildman–Crippen MR) is 86.9 cm³/mol. The lowest BCUT2D eigenvalue weighted by molar-refractivity contribution is -0.148. The summed E-state index contributed by atoms with van der Waals surface area (Å²) < 4.78 is 31.2. The molecule has 1 aromatic rings. The highest BCUT2D eigenvalue weighted by Crippen LogP contribution is 2.37. The van der Waals surface area contributed by atoms with Crippen molar-refractivity contribution >= 4 is 12.1 Å². The van der Waals surface area contributed by atoms with E-state index < -0.39 is 29.7 Å². The monoisotopic (exact) mass is 338 g/mol. The van der Waals surface area contributed by atoms with E-state index in [0.717, 1.165) is 5.56 Å². The molecule has 24 heavy (non-hydrogen) atoms. The van der Waals surface area contributed by atoms with Crippen LogP contribution >= 0.6 is 0 Å². The number of nitrogens with zero attached hydrogens (tertiary/aromatic N) is 1. The number of hydrogen-bond acceptors (Lipinski definition) is 4. The van der Waals surface area contributed by atoms with Gasteiger partial charge < -0.3 is 9.47 Å². The zero-order chi connectivity index (χ0) is 18.6. The van der Waals surface area contributed by atoms with E-state index in [0.29, 0.717) is 12.8 Å². The van der Waals surface area contributed by atoms with Crippen LogP contribution in [0.5, 0.6) is 0 Å². The second-order valence-electron chi connectivity index (χ2n) is 6.45. The fourth-order valence-corrected chi connectivity index (χ4v) is 2.84. The van der Waals surface area contributed by atoms with Gasteiger partial charge in [0.05, 0.1) is 12.6 Å². The molecule has 0 spiro atoms. The molecule has 0 N–H and O–H groups in total. The van der Waals surface area contributed by atoms with E-state index in [9.17, 15) is 14.0 Å². The maximum Gasteiger partial charge on any atom is 0.411 e. The number of rotatable bonds is 3.